The van der Waals surface area contributed by atoms with Gasteiger partial charge in [-0.3, -0.25) is 0 Å². The van der Waals surface area contributed by atoms with Gasteiger partial charge < -0.3 is 15.3 Å². The van der Waals surface area contributed by atoms with Crippen LogP contribution < -0.4 is 0 Å². The lowest BCUT2D eigenvalue weighted by Crippen LogP contribution is -1.93. The zero-order valence-electron chi connectivity index (χ0n) is 9.40. The van der Waals surface area contributed by atoms with Crippen molar-refractivity contribution < 1.29 is 20.1 Å². The summed E-state index contributed by atoms with van der Waals surface area (Å²) >= 11 is 0. The van der Waals surface area contributed by atoms with Gasteiger partial charge in [0, 0.05) is 17.2 Å². The third kappa shape index (κ3) is 2.00. The summed E-state index contributed by atoms with van der Waals surface area (Å²) in [5.74, 6) is -1.01. The molecule has 1 rings (SSSR count). The number of rotatable bonds is 2. The van der Waals surface area contributed by atoms with E-state index >= 15 is 0 Å². The molecule has 0 bridgehead atoms. The number of phenols is 2. The Morgan fingerprint density at radius 2 is 1.50 bits per heavy atom. The van der Waals surface area contributed by atoms with E-state index in [1.54, 1.807) is 20.8 Å². The fraction of sp³-hybridized carbons (Fsp3) is 0.250. The Morgan fingerprint density at radius 3 is 2.00 bits per heavy atom. The molecular weight excluding hydrogens is 208 g/mol. The Morgan fingerprint density at radius 1 is 1.00 bits per heavy atom. The van der Waals surface area contributed by atoms with Crippen molar-refractivity contribution in [3.05, 3.63) is 28.3 Å². The SMILES string of the molecule is Cc1c(C)c(O)c(C=CC(=O)O)c(C)c1O. The molecule has 0 aliphatic heterocycles. The van der Waals surface area contributed by atoms with Crippen LogP contribution in [-0.4, -0.2) is 21.3 Å². The molecule has 0 spiro atoms. The van der Waals surface area contributed by atoms with Crippen molar-refractivity contribution in [3.8, 4) is 11.5 Å². The first-order valence-corrected chi connectivity index (χ1v) is 4.79. The number of carboxylic acids is 1. The summed E-state index contributed by atoms with van der Waals surface area (Å²) in [4.78, 5) is 10.4. The molecule has 0 aliphatic rings. The molecule has 86 valence electrons. The molecule has 1 aromatic carbocycles. The largest absolute Gasteiger partial charge is 0.507 e. The van der Waals surface area contributed by atoms with E-state index in [2.05, 4.69) is 0 Å². The van der Waals surface area contributed by atoms with Crippen LogP contribution in [0.25, 0.3) is 6.08 Å². The highest BCUT2D eigenvalue weighted by atomic mass is 16.4. The van der Waals surface area contributed by atoms with E-state index in [9.17, 15) is 15.0 Å². The molecule has 0 radical (unpaired) electrons. The fourth-order valence-corrected chi connectivity index (χ4v) is 1.50. The number of hydrogen-bond acceptors (Lipinski definition) is 3. The van der Waals surface area contributed by atoms with Crippen molar-refractivity contribution in [2.75, 3.05) is 0 Å². The summed E-state index contributed by atoms with van der Waals surface area (Å²) in [5.41, 5.74) is 1.96. The zero-order chi connectivity index (χ0) is 12.5. The molecule has 0 amide bonds. The van der Waals surface area contributed by atoms with E-state index in [0.29, 0.717) is 22.3 Å². The fourth-order valence-electron chi connectivity index (χ4n) is 1.50. The number of aromatic hydroxyl groups is 2. The van der Waals surface area contributed by atoms with Gasteiger partial charge in [0.15, 0.2) is 0 Å². The van der Waals surface area contributed by atoms with Crippen LogP contribution >= 0.6 is 0 Å². The van der Waals surface area contributed by atoms with Crippen LogP contribution in [0, 0.1) is 20.8 Å². The Bertz CT molecular complexity index is 443. The topological polar surface area (TPSA) is 77.8 Å². The van der Waals surface area contributed by atoms with Crippen molar-refractivity contribution in [2.45, 2.75) is 20.8 Å². The summed E-state index contributed by atoms with van der Waals surface area (Å²) in [5, 5.41) is 28.1. The summed E-state index contributed by atoms with van der Waals surface area (Å²) in [6.45, 7) is 4.99. The van der Waals surface area contributed by atoms with Crippen LogP contribution in [-0.2, 0) is 4.79 Å². The lowest BCUT2D eigenvalue weighted by Gasteiger charge is -2.13. The van der Waals surface area contributed by atoms with Gasteiger partial charge in [0.05, 0.1) is 0 Å². The molecule has 4 nitrogen and oxygen atoms in total. The molecule has 0 heterocycles. The second-order valence-corrected chi connectivity index (χ2v) is 3.66. The quantitative estimate of drug-likeness (QED) is 0.529. The first-order valence-electron chi connectivity index (χ1n) is 4.79. The van der Waals surface area contributed by atoms with Gasteiger partial charge in [0.2, 0.25) is 0 Å². The summed E-state index contributed by atoms with van der Waals surface area (Å²) in [7, 11) is 0. The van der Waals surface area contributed by atoms with Gasteiger partial charge >= 0.3 is 5.97 Å². The Balaban J connectivity index is 3.45. The second-order valence-electron chi connectivity index (χ2n) is 3.66. The number of phenolic OH excluding ortho intramolecular Hbond substituents is 2. The highest BCUT2D eigenvalue weighted by Crippen LogP contribution is 2.36. The Labute approximate surface area is 93.5 Å². The van der Waals surface area contributed by atoms with Gasteiger partial charge in [-0.15, -0.1) is 0 Å². The number of aliphatic carboxylic acids is 1. The monoisotopic (exact) mass is 222 g/mol. The summed E-state index contributed by atoms with van der Waals surface area (Å²) in [6, 6.07) is 0. The maximum Gasteiger partial charge on any atom is 0.328 e. The zero-order valence-corrected chi connectivity index (χ0v) is 9.40. The standard InChI is InChI=1S/C12H14O4/c1-6-7(2)12(16)9(4-5-10(13)14)8(3)11(6)15/h4-5,15-16H,1-3H3,(H,13,14). The third-order valence-electron chi connectivity index (χ3n) is 2.68. The predicted molar refractivity (Wildman–Crippen MR) is 60.7 cm³/mol. The smallest absolute Gasteiger partial charge is 0.328 e. The molecule has 0 aromatic heterocycles. The van der Waals surface area contributed by atoms with E-state index in [4.69, 9.17) is 5.11 Å². The first kappa shape index (κ1) is 12.1. The minimum atomic E-state index is -1.10. The van der Waals surface area contributed by atoms with Gasteiger partial charge in [-0.1, -0.05) is 0 Å². The van der Waals surface area contributed by atoms with Gasteiger partial charge in [0.25, 0.3) is 0 Å². The molecule has 3 N–H and O–H groups in total. The molecule has 4 heteroatoms. The minimum Gasteiger partial charge on any atom is -0.507 e. The molecule has 0 aliphatic carbocycles. The van der Waals surface area contributed by atoms with Crippen LogP contribution in [0.2, 0.25) is 0 Å². The van der Waals surface area contributed by atoms with Crippen molar-refractivity contribution in [1.29, 1.82) is 0 Å². The van der Waals surface area contributed by atoms with Gasteiger partial charge in [-0.25, -0.2) is 4.79 Å². The molecular formula is C12H14O4. The highest BCUT2D eigenvalue weighted by molar-refractivity contribution is 5.87. The summed E-state index contributed by atoms with van der Waals surface area (Å²) in [6.07, 6.45) is 2.20. The van der Waals surface area contributed by atoms with Crippen molar-refractivity contribution in [3.63, 3.8) is 0 Å². The summed E-state index contributed by atoms with van der Waals surface area (Å²) < 4.78 is 0. The van der Waals surface area contributed by atoms with Crippen LogP contribution in [0.3, 0.4) is 0 Å². The molecule has 0 saturated carbocycles. The average Bonchev–Trinajstić information content (AvgIpc) is 2.23. The molecule has 16 heavy (non-hydrogen) atoms. The Kier molecular flexibility index (Phi) is 3.22. The molecule has 0 atom stereocenters. The second kappa shape index (κ2) is 4.26. The first-order chi connectivity index (χ1) is 7.36. The van der Waals surface area contributed by atoms with E-state index in [0.717, 1.165) is 6.08 Å². The molecule has 0 unspecified atom stereocenters. The maximum atomic E-state index is 10.4. The van der Waals surface area contributed by atoms with Crippen LogP contribution in [0.1, 0.15) is 22.3 Å². The lowest BCUT2D eigenvalue weighted by atomic mass is 9.97. The average molecular weight is 222 g/mol. The third-order valence-corrected chi connectivity index (χ3v) is 2.68. The normalized spacial score (nSPS) is 10.9. The van der Waals surface area contributed by atoms with Crippen molar-refractivity contribution >= 4 is 12.0 Å². The number of carboxylic acid groups (broad SMARTS) is 1. The van der Waals surface area contributed by atoms with E-state index in [1.807, 2.05) is 0 Å². The minimum absolute atomic E-state index is 0.00491. The van der Waals surface area contributed by atoms with Gasteiger partial charge in [0.1, 0.15) is 11.5 Å². The van der Waals surface area contributed by atoms with Crippen molar-refractivity contribution in [2.24, 2.45) is 0 Å². The lowest BCUT2D eigenvalue weighted by molar-refractivity contribution is -0.131. The number of carbonyl (C=O) groups is 1. The molecule has 1 aromatic rings. The maximum absolute atomic E-state index is 10.4. The van der Waals surface area contributed by atoms with Crippen LogP contribution in [0.15, 0.2) is 6.08 Å². The molecule has 0 saturated heterocycles. The van der Waals surface area contributed by atoms with E-state index in [1.165, 1.54) is 6.08 Å². The van der Waals surface area contributed by atoms with E-state index < -0.39 is 5.97 Å². The Hall–Kier alpha value is -1.97. The van der Waals surface area contributed by atoms with E-state index in [-0.39, 0.29) is 11.5 Å². The van der Waals surface area contributed by atoms with Gasteiger partial charge in [-0.05, 0) is 38.0 Å². The number of hydrogen-bond donors (Lipinski definition) is 3. The van der Waals surface area contributed by atoms with Gasteiger partial charge in [-0.2, -0.15) is 0 Å². The number of benzene rings is 1. The highest BCUT2D eigenvalue weighted by Gasteiger charge is 2.14. The predicted octanol–water partition coefficient (Wildman–Crippen LogP) is 2.12. The van der Waals surface area contributed by atoms with Crippen LogP contribution in [0.5, 0.6) is 11.5 Å². The van der Waals surface area contributed by atoms with Crippen LogP contribution in [0.4, 0.5) is 0 Å². The van der Waals surface area contributed by atoms with Crippen molar-refractivity contribution in [1.82, 2.24) is 0 Å². The molecule has 0 fully saturated rings.